The maximum atomic E-state index is 4.65. The maximum absolute atomic E-state index is 4.65. The van der Waals surface area contributed by atoms with E-state index in [9.17, 15) is 0 Å². The molecule has 1 aromatic heterocycles. The van der Waals surface area contributed by atoms with Crippen molar-refractivity contribution in [3.63, 3.8) is 0 Å². The Balaban J connectivity index is 2.40. The third kappa shape index (κ3) is 2.57. The summed E-state index contributed by atoms with van der Waals surface area (Å²) in [5.41, 5.74) is 2.61. The number of rotatable bonds is 4. The zero-order valence-electron chi connectivity index (χ0n) is 12.0. The predicted molar refractivity (Wildman–Crippen MR) is 76.3 cm³/mol. The van der Waals surface area contributed by atoms with Crippen LogP contribution in [0.3, 0.4) is 0 Å². The monoisotopic (exact) mass is 248 g/mol. The molecule has 0 aliphatic heterocycles. The number of nitrogens with zero attached hydrogens (tertiary/aromatic N) is 3. The van der Waals surface area contributed by atoms with E-state index in [1.165, 1.54) is 17.7 Å². The van der Waals surface area contributed by atoms with Crippen LogP contribution in [0, 0.1) is 5.92 Å². The third-order valence-corrected chi connectivity index (χ3v) is 3.64. The van der Waals surface area contributed by atoms with Crippen LogP contribution in [-0.2, 0) is 12.8 Å². The second kappa shape index (κ2) is 5.55. The smallest absolute Gasteiger partial charge is 0.224 e. The Morgan fingerprint density at radius 3 is 2.83 bits per heavy atom. The molecule has 100 valence electrons. The summed E-state index contributed by atoms with van der Waals surface area (Å²) in [5, 5.41) is 3.08. The van der Waals surface area contributed by atoms with Crippen LogP contribution in [0.4, 0.5) is 11.8 Å². The average molecular weight is 248 g/mol. The first-order valence-corrected chi connectivity index (χ1v) is 6.94. The summed E-state index contributed by atoms with van der Waals surface area (Å²) in [5.74, 6) is 2.61. The molecule has 0 radical (unpaired) electrons. The van der Waals surface area contributed by atoms with Crippen LogP contribution in [0.1, 0.15) is 37.9 Å². The lowest BCUT2D eigenvalue weighted by Crippen LogP contribution is -2.25. The van der Waals surface area contributed by atoms with Crippen molar-refractivity contribution in [2.75, 3.05) is 30.9 Å². The summed E-state index contributed by atoms with van der Waals surface area (Å²) < 4.78 is 0. The van der Waals surface area contributed by atoms with E-state index < -0.39 is 0 Å². The van der Waals surface area contributed by atoms with Crippen LogP contribution in [0.15, 0.2) is 0 Å². The highest BCUT2D eigenvalue weighted by Gasteiger charge is 2.22. The van der Waals surface area contributed by atoms with Crippen LogP contribution in [0.2, 0.25) is 0 Å². The van der Waals surface area contributed by atoms with Crippen molar-refractivity contribution in [1.29, 1.82) is 0 Å². The van der Waals surface area contributed by atoms with Gasteiger partial charge in [-0.1, -0.05) is 13.8 Å². The van der Waals surface area contributed by atoms with Crippen molar-refractivity contribution in [2.45, 2.75) is 39.5 Å². The van der Waals surface area contributed by atoms with Crippen molar-refractivity contribution in [2.24, 2.45) is 5.92 Å². The van der Waals surface area contributed by atoms with Crippen LogP contribution < -0.4 is 10.2 Å². The van der Waals surface area contributed by atoms with E-state index >= 15 is 0 Å². The number of hydrogen-bond acceptors (Lipinski definition) is 4. The fraction of sp³-hybridized carbons (Fsp3) is 0.714. The van der Waals surface area contributed by atoms with Crippen molar-refractivity contribution in [3.8, 4) is 0 Å². The fourth-order valence-corrected chi connectivity index (χ4v) is 2.63. The minimum atomic E-state index is 0.737. The lowest BCUT2D eigenvalue weighted by atomic mass is 9.88. The molecule has 0 amide bonds. The molecular formula is C14H24N4. The van der Waals surface area contributed by atoms with Crippen molar-refractivity contribution >= 4 is 11.8 Å². The van der Waals surface area contributed by atoms with Crippen molar-refractivity contribution in [3.05, 3.63) is 11.3 Å². The summed E-state index contributed by atoms with van der Waals surface area (Å²) in [6.45, 7) is 5.55. The minimum Gasteiger partial charge on any atom is -0.359 e. The van der Waals surface area contributed by atoms with E-state index in [0.717, 1.165) is 43.5 Å². The van der Waals surface area contributed by atoms with Gasteiger partial charge in [0.15, 0.2) is 0 Å². The normalized spacial score (nSPS) is 18.3. The number of anilines is 2. The molecule has 1 aromatic rings. The van der Waals surface area contributed by atoms with Gasteiger partial charge in [0.2, 0.25) is 5.95 Å². The minimum absolute atomic E-state index is 0.737. The van der Waals surface area contributed by atoms with Crippen molar-refractivity contribution < 1.29 is 0 Å². The molecular weight excluding hydrogens is 224 g/mol. The molecule has 18 heavy (non-hydrogen) atoms. The Morgan fingerprint density at radius 1 is 1.39 bits per heavy atom. The molecule has 0 saturated heterocycles. The third-order valence-electron chi connectivity index (χ3n) is 3.64. The molecule has 1 aliphatic carbocycles. The molecule has 2 rings (SSSR count). The van der Waals surface area contributed by atoms with Gasteiger partial charge in [-0.15, -0.1) is 0 Å². The summed E-state index contributed by atoms with van der Waals surface area (Å²) >= 11 is 0. The molecule has 4 nitrogen and oxygen atoms in total. The lowest BCUT2D eigenvalue weighted by molar-refractivity contribution is 0.490. The van der Waals surface area contributed by atoms with Crippen LogP contribution in [0.25, 0.3) is 0 Å². The predicted octanol–water partition coefficient (Wildman–Crippen LogP) is 2.49. The van der Waals surface area contributed by atoms with Gasteiger partial charge >= 0.3 is 0 Å². The Labute approximate surface area is 110 Å². The van der Waals surface area contributed by atoms with Crippen LogP contribution in [-0.4, -0.2) is 30.6 Å². The Morgan fingerprint density at radius 2 is 2.17 bits per heavy atom. The van der Waals surface area contributed by atoms with Gasteiger partial charge in [-0.25, -0.2) is 4.98 Å². The second-order valence-electron chi connectivity index (χ2n) is 5.32. The summed E-state index contributed by atoms with van der Waals surface area (Å²) in [4.78, 5) is 11.5. The fourth-order valence-electron chi connectivity index (χ4n) is 2.63. The van der Waals surface area contributed by atoms with Gasteiger partial charge in [0.05, 0.1) is 5.69 Å². The number of nitrogens with one attached hydrogen (secondary N) is 1. The number of aromatic nitrogens is 2. The highest BCUT2D eigenvalue weighted by Crippen LogP contribution is 2.30. The zero-order chi connectivity index (χ0) is 13.1. The molecule has 1 unspecified atom stereocenters. The zero-order valence-corrected chi connectivity index (χ0v) is 12.0. The topological polar surface area (TPSA) is 41.1 Å². The number of hydrogen-bond donors (Lipinski definition) is 1. The van der Waals surface area contributed by atoms with Gasteiger partial charge < -0.3 is 10.2 Å². The molecule has 0 saturated carbocycles. The van der Waals surface area contributed by atoms with Crippen LogP contribution in [0.5, 0.6) is 0 Å². The first kappa shape index (κ1) is 13.1. The SMILES string of the molecule is CCCN(C)c1nc(NC)nc2c1CCC(C)C2. The Kier molecular flexibility index (Phi) is 4.04. The van der Waals surface area contributed by atoms with Crippen LogP contribution >= 0.6 is 0 Å². The van der Waals surface area contributed by atoms with Gasteiger partial charge in [-0.2, -0.15) is 4.98 Å². The highest BCUT2D eigenvalue weighted by molar-refractivity contribution is 5.53. The molecule has 1 N–H and O–H groups in total. The Hall–Kier alpha value is -1.32. The standard InChI is InChI=1S/C14H24N4/c1-5-8-18(4)13-11-7-6-10(2)9-12(11)16-14(15-3)17-13/h10H,5-9H2,1-4H3,(H,15,16,17). The Bertz CT molecular complexity index is 417. The maximum Gasteiger partial charge on any atom is 0.224 e. The van der Waals surface area contributed by atoms with Gasteiger partial charge in [0.1, 0.15) is 5.82 Å². The molecule has 0 fully saturated rings. The van der Waals surface area contributed by atoms with E-state index in [0.29, 0.717) is 0 Å². The quantitative estimate of drug-likeness (QED) is 0.889. The van der Waals surface area contributed by atoms with E-state index in [-0.39, 0.29) is 0 Å². The van der Waals surface area contributed by atoms with Gasteiger partial charge in [0, 0.05) is 26.2 Å². The van der Waals surface area contributed by atoms with Gasteiger partial charge in [-0.05, 0) is 31.6 Å². The van der Waals surface area contributed by atoms with E-state index in [1.54, 1.807) is 0 Å². The molecule has 0 spiro atoms. The van der Waals surface area contributed by atoms with Gasteiger partial charge in [-0.3, -0.25) is 0 Å². The largest absolute Gasteiger partial charge is 0.359 e. The number of fused-ring (bicyclic) bond motifs is 1. The molecule has 1 atom stereocenters. The molecule has 1 heterocycles. The first-order valence-electron chi connectivity index (χ1n) is 6.94. The first-order chi connectivity index (χ1) is 8.65. The van der Waals surface area contributed by atoms with Crippen molar-refractivity contribution in [1.82, 2.24) is 9.97 Å². The lowest BCUT2D eigenvalue weighted by Gasteiger charge is -2.27. The van der Waals surface area contributed by atoms with E-state index in [4.69, 9.17) is 0 Å². The molecule has 1 aliphatic rings. The van der Waals surface area contributed by atoms with E-state index in [1.807, 2.05) is 7.05 Å². The summed E-state index contributed by atoms with van der Waals surface area (Å²) in [7, 11) is 4.02. The molecule has 0 bridgehead atoms. The highest BCUT2D eigenvalue weighted by atomic mass is 15.2. The van der Waals surface area contributed by atoms with E-state index in [2.05, 4.69) is 41.1 Å². The summed E-state index contributed by atoms with van der Waals surface area (Å²) in [6.07, 6.45) is 4.59. The molecule has 4 heteroatoms. The molecule has 0 aromatic carbocycles. The average Bonchev–Trinajstić information content (AvgIpc) is 2.37. The summed E-state index contributed by atoms with van der Waals surface area (Å²) in [6, 6.07) is 0. The van der Waals surface area contributed by atoms with Gasteiger partial charge in [0.25, 0.3) is 0 Å². The second-order valence-corrected chi connectivity index (χ2v) is 5.32.